The normalized spacial score (nSPS) is 18.4. The molecule has 76 valence electrons. The second-order valence-corrected chi connectivity index (χ2v) is 4.16. The molecule has 3 N–H and O–H groups in total. The lowest BCUT2D eigenvalue weighted by molar-refractivity contribution is 0.461. The van der Waals surface area contributed by atoms with E-state index in [-0.39, 0.29) is 0 Å². The molecule has 0 radical (unpaired) electrons. The van der Waals surface area contributed by atoms with Crippen LogP contribution in [-0.2, 0) is 0 Å². The molecule has 0 unspecified atom stereocenters. The Labute approximate surface area is 85.5 Å². The van der Waals surface area contributed by atoms with Crippen molar-refractivity contribution in [1.29, 1.82) is 0 Å². The van der Waals surface area contributed by atoms with E-state index in [9.17, 15) is 0 Å². The quantitative estimate of drug-likeness (QED) is 0.665. The number of hydrogen-bond donors (Lipinski definition) is 2. The van der Waals surface area contributed by atoms with Crippen molar-refractivity contribution in [2.24, 2.45) is 0 Å². The molecule has 2 nitrogen and oxygen atoms in total. The summed E-state index contributed by atoms with van der Waals surface area (Å²) in [6, 6.07) is 6.36. The number of piperidine rings is 1. The summed E-state index contributed by atoms with van der Waals surface area (Å²) >= 11 is 0. The third-order valence-corrected chi connectivity index (χ3v) is 3.02. The summed E-state index contributed by atoms with van der Waals surface area (Å²) in [6.07, 6.45) is 2.43. The van der Waals surface area contributed by atoms with Crippen molar-refractivity contribution in [3.05, 3.63) is 29.3 Å². The molecule has 2 heteroatoms. The Morgan fingerprint density at radius 1 is 1.29 bits per heavy atom. The maximum atomic E-state index is 6.00. The van der Waals surface area contributed by atoms with E-state index >= 15 is 0 Å². The molecule has 0 bridgehead atoms. The average molecular weight is 190 g/mol. The number of rotatable bonds is 1. The molecular weight excluding hydrogens is 172 g/mol. The van der Waals surface area contributed by atoms with E-state index in [0.29, 0.717) is 5.92 Å². The summed E-state index contributed by atoms with van der Waals surface area (Å²) in [4.78, 5) is 0. The van der Waals surface area contributed by atoms with Crippen molar-refractivity contribution in [3.8, 4) is 0 Å². The number of benzene rings is 1. The fraction of sp³-hybridized carbons (Fsp3) is 0.500. The summed E-state index contributed by atoms with van der Waals surface area (Å²) in [5.74, 6) is 0.663. The zero-order valence-electron chi connectivity index (χ0n) is 8.72. The topological polar surface area (TPSA) is 38.0 Å². The van der Waals surface area contributed by atoms with Crippen LogP contribution in [-0.4, -0.2) is 13.1 Å². The molecule has 1 heterocycles. The summed E-state index contributed by atoms with van der Waals surface area (Å²) < 4.78 is 0. The highest BCUT2D eigenvalue weighted by Crippen LogP contribution is 2.30. The van der Waals surface area contributed by atoms with E-state index in [1.54, 1.807) is 0 Å². The molecule has 0 spiro atoms. The highest BCUT2D eigenvalue weighted by molar-refractivity contribution is 5.50. The van der Waals surface area contributed by atoms with Gasteiger partial charge in [-0.2, -0.15) is 0 Å². The maximum absolute atomic E-state index is 6.00. The van der Waals surface area contributed by atoms with E-state index < -0.39 is 0 Å². The fourth-order valence-corrected chi connectivity index (χ4v) is 2.18. The van der Waals surface area contributed by atoms with Crippen molar-refractivity contribution in [3.63, 3.8) is 0 Å². The summed E-state index contributed by atoms with van der Waals surface area (Å²) in [6.45, 7) is 4.38. The lowest BCUT2D eigenvalue weighted by atomic mass is 9.88. The van der Waals surface area contributed by atoms with E-state index in [4.69, 9.17) is 5.73 Å². The first-order valence-corrected chi connectivity index (χ1v) is 5.34. The molecule has 14 heavy (non-hydrogen) atoms. The Morgan fingerprint density at radius 3 is 2.71 bits per heavy atom. The summed E-state index contributed by atoms with van der Waals surface area (Å²) in [5.41, 5.74) is 9.63. The molecule has 1 aliphatic heterocycles. The van der Waals surface area contributed by atoms with Crippen LogP contribution in [0.1, 0.15) is 29.9 Å². The SMILES string of the molecule is Cc1ccc(N)c(C2CCNCC2)c1. The fourth-order valence-electron chi connectivity index (χ4n) is 2.18. The van der Waals surface area contributed by atoms with Gasteiger partial charge in [-0.1, -0.05) is 17.7 Å². The Kier molecular flexibility index (Phi) is 2.73. The highest BCUT2D eigenvalue weighted by atomic mass is 14.9. The van der Waals surface area contributed by atoms with Crippen LogP contribution < -0.4 is 11.1 Å². The van der Waals surface area contributed by atoms with Gasteiger partial charge in [0.2, 0.25) is 0 Å². The smallest absolute Gasteiger partial charge is 0.0349 e. The second kappa shape index (κ2) is 4.01. The number of hydrogen-bond acceptors (Lipinski definition) is 2. The molecule has 1 saturated heterocycles. The predicted octanol–water partition coefficient (Wildman–Crippen LogP) is 2.04. The van der Waals surface area contributed by atoms with Gasteiger partial charge in [0.05, 0.1) is 0 Å². The molecular formula is C12H18N2. The van der Waals surface area contributed by atoms with Crippen LogP contribution in [0.3, 0.4) is 0 Å². The van der Waals surface area contributed by atoms with Crippen molar-refractivity contribution in [1.82, 2.24) is 5.32 Å². The molecule has 0 atom stereocenters. The van der Waals surface area contributed by atoms with Gasteiger partial charge in [0, 0.05) is 5.69 Å². The molecule has 1 aromatic carbocycles. The standard InChI is InChI=1S/C12H18N2/c1-9-2-3-12(13)11(8-9)10-4-6-14-7-5-10/h2-3,8,10,14H,4-7,13H2,1H3. The minimum atomic E-state index is 0.663. The molecule has 0 amide bonds. The molecule has 1 aliphatic rings. The molecule has 2 rings (SSSR count). The Balaban J connectivity index is 2.24. The monoisotopic (exact) mass is 190 g/mol. The zero-order chi connectivity index (χ0) is 9.97. The lowest BCUT2D eigenvalue weighted by Gasteiger charge is -2.24. The molecule has 0 saturated carbocycles. The zero-order valence-corrected chi connectivity index (χ0v) is 8.72. The first kappa shape index (κ1) is 9.53. The van der Waals surface area contributed by atoms with Gasteiger partial charge in [-0.25, -0.2) is 0 Å². The minimum absolute atomic E-state index is 0.663. The van der Waals surface area contributed by atoms with E-state index in [0.717, 1.165) is 18.8 Å². The van der Waals surface area contributed by atoms with Gasteiger partial charge in [-0.3, -0.25) is 0 Å². The number of nitrogen functional groups attached to an aromatic ring is 1. The third-order valence-electron chi connectivity index (χ3n) is 3.02. The van der Waals surface area contributed by atoms with Crippen LogP contribution in [0.2, 0.25) is 0 Å². The average Bonchev–Trinajstić information content (AvgIpc) is 2.23. The summed E-state index contributed by atoms with van der Waals surface area (Å²) in [7, 11) is 0. The predicted molar refractivity (Wildman–Crippen MR) is 60.4 cm³/mol. The van der Waals surface area contributed by atoms with Crippen LogP contribution in [0.25, 0.3) is 0 Å². The maximum Gasteiger partial charge on any atom is 0.0349 e. The van der Waals surface area contributed by atoms with Gasteiger partial charge in [0.25, 0.3) is 0 Å². The van der Waals surface area contributed by atoms with Gasteiger partial charge >= 0.3 is 0 Å². The minimum Gasteiger partial charge on any atom is -0.398 e. The van der Waals surface area contributed by atoms with Crippen molar-refractivity contribution < 1.29 is 0 Å². The first-order valence-electron chi connectivity index (χ1n) is 5.34. The van der Waals surface area contributed by atoms with Gasteiger partial charge < -0.3 is 11.1 Å². The number of anilines is 1. The number of nitrogens with one attached hydrogen (secondary N) is 1. The van der Waals surface area contributed by atoms with Crippen LogP contribution >= 0.6 is 0 Å². The number of aryl methyl sites for hydroxylation is 1. The van der Waals surface area contributed by atoms with Gasteiger partial charge in [-0.15, -0.1) is 0 Å². The molecule has 1 fully saturated rings. The van der Waals surface area contributed by atoms with Gasteiger partial charge in [-0.05, 0) is 50.4 Å². The Bertz CT molecular complexity index is 314. The Hall–Kier alpha value is -1.02. The second-order valence-electron chi connectivity index (χ2n) is 4.16. The third kappa shape index (κ3) is 1.90. The van der Waals surface area contributed by atoms with Crippen LogP contribution in [0.5, 0.6) is 0 Å². The first-order chi connectivity index (χ1) is 6.77. The highest BCUT2D eigenvalue weighted by Gasteiger charge is 2.17. The van der Waals surface area contributed by atoms with Crippen molar-refractivity contribution in [2.45, 2.75) is 25.7 Å². The van der Waals surface area contributed by atoms with Crippen molar-refractivity contribution in [2.75, 3.05) is 18.8 Å². The number of nitrogens with two attached hydrogens (primary N) is 1. The lowest BCUT2D eigenvalue weighted by Crippen LogP contribution is -2.27. The van der Waals surface area contributed by atoms with E-state index in [1.165, 1.54) is 24.0 Å². The molecule has 1 aromatic rings. The molecule has 0 aliphatic carbocycles. The van der Waals surface area contributed by atoms with Crippen LogP contribution in [0.15, 0.2) is 18.2 Å². The van der Waals surface area contributed by atoms with Gasteiger partial charge in [0.1, 0.15) is 0 Å². The van der Waals surface area contributed by atoms with Crippen molar-refractivity contribution >= 4 is 5.69 Å². The van der Waals surface area contributed by atoms with Crippen LogP contribution in [0.4, 0.5) is 5.69 Å². The van der Waals surface area contributed by atoms with E-state index in [1.807, 2.05) is 6.07 Å². The molecule has 0 aromatic heterocycles. The summed E-state index contributed by atoms with van der Waals surface area (Å²) in [5, 5.41) is 3.38. The Morgan fingerprint density at radius 2 is 2.00 bits per heavy atom. The van der Waals surface area contributed by atoms with E-state index in [2.05, 4.69) is 24.4 Å². The largest absolute Gasteiger partial charge is 0.398 e. The van der Waals surface area contributed by atoms with Gasteiger partial charge in [0.15, 0.2) is 0 Å². The van der Waals surface area contributed by atoms with Crippen LogP contribution in [0, 0.1) is 6.92 Å².